The largest absolute Gasteiger partial charge is 0.478 e. The second kappa shape index (κ2) is 5.12. The first-order valence-electron chi connectivity index (χ1n) is 5.23. The Morgan fingerprint density at radius 1 is 1.24 bits per heavy atom. The molecule has 2 aromatic rings. The second-order valence-corrected chi connectivity index (χ2v) is 3.56. The third-order valence-corrected chi connectivity index (χ3v) is 2.31. The summed E-state index contributed by atoms with van der Waals surface area (Å²) in [6.07, 6.45) is 1.73. The van der Waals surface area contributed by atoms with Gasteiger partial charge in [-0.2, -0.15) is 0 Å². The second-order valence-electron chi connectivity index (χ2n) is 3.56. The first kappa shape index (κ1) is 11.1. The highest BCUT2D eigenvalue weighted by molar-refractivity contribution is 5.88. The van der Waals surface area contributed by atoms with E-state index in [1.807, 2.05) is 24.3 Å². The molecule has 1 aromatic heterocycles. The predicted molar refractivity (Wildman–Crippen MR) is 65.0 cm³/mol. The van der Waals surface area contributed by atoms with Crippen LogP contribution >= 0.6 is 0 Å². The van der Waals surface area contributed by atoms with Crippen LogP contribution in [0.4, 0.5) is 5.69 Å². The molecule has 0 aliphatic heterocycles. The van der Waals surface area contributed by atoms with Crippen LogP contribution in [0.5, 0.6) is 0 Å². The van der Waals surface area contributed by atoms with E-state index >= 15 is 0 Å². The smallest absolute Gasteiger partial charge is 0.335 e. The molecule has 0 saturated heterocycles. The average Bonchev–Trinajstić information content (AvgIpc) is 2.38. The minimum absolute atomic E-state index is 0.274. The molecule has 0 aliphatic carbocycles. The molecule has 1 aromatic carbocycles. The summed E-state index contributed by atoms with van der Waals surface area (Å²) in [5, 5.41) is 12.0. The molecule has 0 radical (unpaired) electrons. The Morgan fingerprint density at radius 2 is 2.12 bits per heavy atom. The van der Waals surface area contributed by atoms with E-state index in [4.69, 9.17) is 5.11 Å². The summed E-state index contributed by atoms with van der Waals surface area (Å²) in [6, 6.07) is 12.4. The van der Waals surface area contributed by atoms with Gasteiger partial charge in [0, 0.05) is 11.9 Å². The van der Waals surface area contributed by atoms with Gasteiger partial charge in [0.2, 0.25) is 0 Å². The standard InChI is InChI=1S/C13H12N2O2/c16-13(17)10-4-3-6-11(8-10)15-9-12-5-1-2-7-14-12/h1-8,15H,9H2,(H,16,17). The monoisotopic (exact) mass is 228 g/mol. The normalized spacial score (nSPS) is 9.88. The maximum absolute atomic E-state index is 10.8. The van der Waals surface area contributed by atoms with Crippen LogP contribution in [-0.4, -0.2) is 16.1 Å². The van der Waals surface area contributed by atoms with Crippen LogP contribution in [-0.2, 0) is 6.54 Å². The van der Waals surface area contributed by atoms with Gasteiger partial charge in [0.25, 0.3) is 0 Å². The summed E-state index contributed by atoms with van der Waals surface area (Å²) in [5.41, 5.74) is 1.96. The molecule has 86 valence electrons. The molecule has 0 spiro atoms. The summed E-state index contributed by atoms with van der Waals surface area (Å²) in [4.78, 5) is 15.0. The number of carboxylic acid groups (broad SMARTS) is 1. The van der Waals surface area contributed by atoms with Gasteiger partial charge in [-0.15, -0.1) is 0 Å². The third kappa shape index (κ3) is 3.04. The zero-order valence-corrected chi connectivity index (χ0v) is 9.13. The molecule has 4 nitrogen and oxygen atoms in total. The number of hydrogen-bond donors (Lipinski definition) is 2. The van der Waals surface area contributed by atoms with Crippen molar-refractivity contribution in [3.63, 3.8) is 0 Å². The number of carbonyl (C=O) groups is 1. The highest BCUT2D eigenvalue weighted by atomic mass is 16.4. The molecule has 1 heterocycles. The number of nitrogens with zero attached hydrogens (tertiary/aromatic N) is 1. The van der Waals surface area contributed by atoms with E-state index in [1.54, 1.807) is 24.4 Å². The maximum atomic E-state index is 10.8. The maximum Gasteiger partial charge on any atom is 0.335 e. The van der Waals surface area contributed by atoms with Crippen LogP contribution in [0, 0.1) is 0 Å². The molecule has 4 heteroatoms. The van der Waals surface area contributed by atoms with Crippen LogP contribution in [0.2, 0.25) is 0 Å². The van der Waals surface area contributed by atoms with E-state index in [0.717, 1.165) is 11.4 Å². The van der Waals surface area contributed by atoms with Gasteiger partial charge in [0.05, 0.1) is 17.8 Å². The van der Waals surface area contributed by atoms with Crippen LogP contribution in [0.15, 0.2) is 48.7 Å². The summed E-state index contributed by atoms with van der Waals surface area (Å²) in [5.74, 6) is -0.925. The highest BCUT2D eigenvalue weighted by Crippen LogP contribution is 2.11. The molecule has 0 aliphatic rings. The number of aromatic nitrogens is 1. The summed E-state index contributed by atoms with van der Waals surface area (Å²) in [6.45, 7) is 0.573. The minimum atomic E-state index is -0.925. The fraction of sp³-hybridized carbons (Fsp3) is 0.0769. The molecule has 2 rings (SSSR count). The van der Waals surface area contributed by atoms with Crippen LogP contribution in [0.3, 0.4) is 0 Å². The molecular weight excluding hydrogens is 216 g/mol. The first-order chi connectivity index (χ1) is 8.25. The van der Waals surface area contributed by atoms with Crippen LogP contribution in [0.1, 0.15) is 16.1 Å². The Morgan fingerprint density at radius 3 is 2.82 bits per heavy atom. The van der Waals surface area contributed by atoms with E-state index in [2.05, 4.69) is 10.3 Å². The predicted octanol–water partition coefficient (Wildman–Crippen LogP) is 2.39. The number of carboxylic acids is 1. The van der Waals surface area contributed by atoms with Crippen molar-refractivity contribution in [2.75, 3.05) is 5.32 Å². The lowest BCUT2D eigenvalue weighted by atomic mass is 10.2. The van der Waals surface area contributed by atoms with Crippen molar-refractivity contribution in [2.24, 2.45) is 0 Å². The van der Waals surface area contributed by atoms with Gasteiger partial charge in [0.1, 0.15) is 0 Å². The van der Waals surface area contributed by atoms with Crippen molar-refractivity contribution < 1.29 is 9.90 Å². The topological polar surface area (TPSA) is 62.2 Å². The van der Waals surface area contributed by atoms with Gasteiger partial charge in [-0.05, 0) is 30.3 Å². The minimum Gasteiger partial charge on any atom is -0.478 e. The number of pyridine rings is 1. The first-order valence-corrected chi connectivity index (χ1v) is 5.23. The molecule has 0 fully saturated rings. The Hall–Kier alpha value is -2.36. The molecule has 2 N–H and O–H groups in total. The Balaban J connectivity index is 2.04. The number of rotatable bonds is 4. The van der Waals surface area contributed by atoms with Crippen molar-refractivity contribution in [1.29, 1.82) is 0 Å². The van der Waals surface area contributed by atoms with Gasteiger partial charge in [-0.3, -0.25) is 4.98 Å². The number of nitrogens with one attached hydrogen (secondary N) is 1. The van der Waals surface area contributed by atoms with Gasteiger partial charge in [0.15, 0.2) is 0 Å². The number of hydrogen-bond acceptors (Lipinski definition) is 3. The van der Waals surface area contributed by atoms with Crippen molar-refractivity contribution >= 4 is 11.7 Å². The van der Waals surface area contributed by atoms with E-state index in [0.29, 0.717) is 6.54 Å². The molecule has 0 amide bonds. The van der Waals surface area contributed by atoms with E-state index < -0.39 is 5.97 Å². The summed E-state index contributed by atoms with van der Waals surface area (Å²) >= 11 is 0. The molecule has 0 unspecified atom stereocenters. The fourth-order valence-electron chi connectivity index (χ4n) is 1.46. The molecular formula is C13H12N2O2. The van der Waals surface area contributed by atoms with Crippen molar-refractivity contribution in [3.8, 4) is 0 Å². The van der Waals surface area contributed by atoms with Gasteiger partial charge < -0.3 is 10.4 Å². The van der Waals surface area contributed by atoms with Crippen LogP contribution < -0.4 is 5.32 Å². The van der Waals surface area contributed by atoms with Gasteiger partial charge >= 0.3 is 5.97 Å². The number of benzene rings is 1. The zero-order valence-electron chi connectivity index (χ0n) is 9.13. The Kier molecular flexibility index (Phi) is 3.35. The van der Waals surface area contributed by atoms with Crippen molar-refractivity contribution in [2.45, 2.75) is 6.54 Å². The van der Waals surface area contributed by atoms with Gasteiger partial charge in [-0.25, -0.2) is 4.79 Å². The van der Waals surface area contributed by atoms with Gasteiger partial charge in [-0.1, -0.05) is 12.1 Å². The molecule has 17 heavy (non-hydrogen) atoms. The lowest BCUT2D eigenvalue weighted by Crippen LogP contribution is -2.03. The number of aromatic carboxylic acids is 1. The molecule has 0 bridgehead atoms. The van der Waals surface area contributed by atoms with E-state index in [-0.39, 0.29) is 5.56 Å². The highest BCUT2D eigenvalue weighted by Gasteiger charge is 2.02. The quantitative estimate of drug-likeness (QED) is 0.843. The number of anilines is 1. The zero-order chi connectivity index (χ0) is 12.1. The Bertz CT molecular complexity index is 512. The van der Waals surface area contributed by atoms with Crippen molar-refractivity contribution in [1.82, 2.24) is 4.98 Å². The molecule has 0 atom stereocenters. The van der Waals surface area contributed by atoms with E-state index in [9.17, 15) is 4.79 Å². The SMILES string of the molecule is O=C(O)c1cccc(NCc2ccccn2)c1. The summed E-state index contributed by atoms with van der Waals surface area (Å²) in [7, 11) is 0. The third-order valence-electron chi connectivity index (χ3n) is 2.31. The lowest BCUT2D eigenvalue weighted by Gasteiger charge is -2.06. The van der Waals surface area contributed by atoms with Crippen molar-refractivity contribution in [3.05, 3.63) is 59.9 Å². The molecule has 0 saturated carbocycles. The summed E-state index contributed by atoms with van der Waals surface area (Å²) < 4.78 is 0. The fourth-order valence-corrected chi connectivity index (χ4v) is 1.46. The average molecular weight is 228 g/mol. The van der Waals surface area contributed by atoms with Crippen LogP contribution in [0.25, 0.3) is 0 Å². The van der Waals surface area contributed by atoms with E-state index in [1.165, 1.54) is 0 Å². The Labute approximate surface area is 98.9 Å². The lowest BCUT2D eigenvalue weighted by molar-refractivity contribution is 0.0697.